The quantitative estimate of drug-likeness (QED) is 0.566. The minimum absolute atomic E-state index is 0.0284. The van der Waals surface area contributed by atoms with E-state index in [9.17, 15) is 5.11 Å². The van der Waals surface area contributed by atoms with Crippen molar-refractivity contribution in [1.29, 1.82) is 0 Å². The second kappa shape index (κ2) is 10.4. The topological polar surface area (TPSA) is 29.5 Å². The van der Waals surface area contributed by atoms with Gasteiger partial charge in [-0.2, -0.15) is 0 Å². The minimum atomic E-state index is -0.272. The van der Waals surface area contributed by atoms with E-state index in [2.05, 4.69) is 13.8 Å². The summed E-state index contributed by atoms with van der Waals surface area (Å²) < 4.78 is 5.21. The zero-order chi connectivity index (χ0) is 11.5. The SMILES string of the molecule is CCCCCCCCC(O)C(CC)OC. The van der Waals surface area contributed by atoms with Crippen LogP contribution in [0.15, 0.2) is 0 Å². The normalized spacial score (nSPS) is 15.2. The molecule has 0 aliphatic rings. The Morgan fingerprint density at radius 1 is 1.00 bits per heavy atom. The number of aliphatic hydroxyl groups is 1. The van der Waals surface area contributed by atoms with E-state index in [1.807, 2.05) is 0 Å². The standard InChI is InChI=1S/C13H28O2/c1-4-6-7-8-9-10-11-12(14)13(5-2)15-3/h12-14H,4-11H2,1-3H3. The lowest BCUT2D eigenvalue weighted by Crippen LogP contribution is -2.27. The first-order valence-electron chi connectivity index (χ1n) is 6.47. The predicted octanol–water partition coefficient (Wildman–Crippen LogP) is 3.52. The van der Waals surface area contributed by atoms with Gasteiger partial charge in [0, 0.05) is 7.11 Å². The molecule has 0 heterocycles. The number of aliphatic hydroxyl groups excluding tert-OH is 1. The zero-order valence-electron chi connectivity index (χ0n) is 10.7. The molecule has 0 amide bonds. The van der Waals surface area contributed by atoms with Crippen LogP contribution >= 0.6 is 0 Å². The molecule has 0 spiro atoms. The average molecular weight is 216 g/mol. The van der Waals surface area contributed by atoms with Crippen molar-refractivity contribution in [2.24, 2.45) is 0 Å². The fraction of sp³-hybridized carbons (Fsp3) is 1.00. The Balaban J connectivity index is 3.33. The van der Waals surface area contributed by atoms with Gasteiger partial charge in [-0.15, -0.1) is 0 Å². The highest BCUT2D eigenvalue weighted by atomic mass is 16.5. The van der Waals surface area contributed by atoms with Gasteiger partial charge in [-0.1, -0.05) is 52.4 Å². The molecule has 0 aliphatic heterocycles. The second-order valence-corrected chi connectivity index (χ2v) is 4.31. The lowest BCUT2D eigenvalue weighted by atomic mass is 10.0. The Morgan fingerprint density at radius 2 is 1.60 bits per heavy atom. The summed E-state index contributed by atoms with van der Waals surface area (Å²) in [5.41, 5.74) is 0. The smallest absolute Gasteiger partial charge is 0.0827 e. The van der Waals surface area contributed by atoms with Gasteiger partial charge in [0.2, 0.25) is 0 Å². The number of hydrogen-bond acceptors (Lipinski definition) is 2. The van der Waals surface area contributed by atoms with Crippen LogP contribution in [0.5, 0.6) is 0 Å². The van der Waals surface area contributed by atoms with Gasteiger partial charge in [0.1, 0.15) is 0 Å². The fourth-order valence-corrected chi connectivity index (χ4v) is 1.92. The highest BCUT2D eigenvalue weighted by Gasteiger charge is 2.15. The maximum atomic E-state index is 9.79. The van der Waals surface area contributed by atoms with Crippen LogP contribution < -0.4 is 0 Å². The summed E-state index contributed by atoms with van der Waals surface area (Å²) in [7, 11) is 1.68. The van der Waals surface area contributed by atoms with Crippen LogP contribution in [0.2, 0.25) is 0 Å². The van der Waals surface area contributed by atoms with Crippen molar-refractivity contribution in [3.63, 3.8) is 0 Å². The van der Waals surface area contributed by atoms with Gasteiger partial charge in [-0.05, 0) is 12.8 Å². The third-order valence-corrected chi connectivity index (χ3v) is 2.99. The molecule has 0 aliphatic carbocycles. The molecule has 2 nitrogen and oxygen atoms in total. The van der Waals surface area contributed by atoms with Crippen LogP contribution in [0, 0.1) is 0 Å². The third kappa shape index (κ3) is 7.80. The number of unbranched alkanes of at least 4 members (excludes halogenated alkanes) is 5. The molecule has 0 saturated heterocycles. The van der Waals surface area contributed by atoms with E-state index in [0.29, 0.717) is 0 Å². The molecule has 0 rings (SSSR count). The van der Waals surface area contributed by atoms with Crippen LogP contribution in [0.25, 0.3) is 0 Å². The summed E-state index contributed by atoms with van der Waals surface area (Å²) in [5.74, 6) is 0. The number of hydrogen-bond donors (Lipinski definition) is 1. The molecule has 0 bridgehead atoms. The van der Waals surface area contributed by atoms with Gasteiger partial charge < -0.3 is 9.84 Å². The van der Waals surface area contributed by atoms with Crippen molar-refractivity contribution >= 4 is 0 Å². The van der Waals surface area contributed by atoms with E-state index < -0.39 is 0 Å². The molecule has 0 fully saturated rings. The summed E-state index contributed by atoms with van der Waals surface area (Å²) in [5, 5.41) is 9.79. The number of methoxy groups -OCH3 is 1. The van der Waals surface area contributed by atoms with E-state index in [-0.39, 0.29) is 12.2 Å². The van der Waals surface area contributed by atoms with E-state index >= 15 is 0 Å². The van der Waals surface area contributed by atoms with Crippen LogP contribution in [0.1, 0.15) is 65.2 Å². The molecular weight excluding hydrogens is 188 g/mol. The molecule has 1 N–H and O–H groups in total. The summed E-state index contributed by atoms with van der Waals surface area (Å²) in [6.45, 7) is 4.28. The van der Waals surface area contributed by atoms with Gasteiger partial charge in [-0.3, -0.25) is 0 Å². The molecule has 0 aromatic rings. The summed E-state index contributed by atoms with van der Waals surface area (Å²) in [4.78, 5) is 0. The zero-order valence-corrected chi connectivity index (χ0v) is 10.7. The van der Waals surface area contributed by atoms with Crippen molar-refractivity contribution in [2.75, 3.05) is 7.11 Å². The van der Waals surface area contributed by atoms with Crippen LogP contribution in [0.4, 0.5) is 0 Å². The van der Waals surface area contributed by atoms with E-state index in [1.165, 1.54) is 32.1 Å². The molecule has 2 atom stereocenters. The monoisotopic (exact) mass is 216 g/mol. The predicted molar refractivity (Wildman–Crippen MR) is 65.1 cm³/mol. The maximum Gasteiger partial charge on any atom is 0.0827 e. The number of rotatable bonds is 10. The molecule has 0 radical (unpaired) electrons. The lowest BCUT2D eigenvalue weighted by Gasteiger charge is -2.19. The van der Waals surface area contributed by atoms with Crippen molar-refractivity contribution in [2.45, 2.75) is 77.4 Å². The third-order valence-electron chi connectivity index (χ3n) is 2.99. The Morgan fingerprint density at radius 3 is 2.13 bits per heavy atom. The molecule has 15 heavy (non-hydrogen) atoms. The lowest BCUT2D eigenvalue weighted by molar-refractivity contribution is -0.0182. The van der Waals surface area contributed by atoms with E-state index in [4.69, 9.17) is 4.74 Å². The van der Waals surface area contributed by atoms with Gasteiger partial charge in [0.05, 0.1) is 12.2 Å². The summed E-state index contributed by atoms with van der Waals surface area (Å²) in [6.07, 6.45) is 9.21. The molecule has 2 heteroatoms. The fourth-order valence-electron chi connectivity index (χ4n) is 1.92. The first kappa shape index (κ1) is 14.9. The Labute approximate surface area is 95.0 Å². The van der Waals surface area contributed by atoms with E-state index in [1.54, 1.807) is 7.11 Å². The van der Waals surface area contributed by atoms with Crippen molar-refractivity contribution in [1.82, 2.24) is 0 Å². The molecule has 92 valence electrons. The van der Waals surface area contributed by atoms with Crippen LogP contribution in [-0.4, -0.2) is 24.4 Å². The van der Waals surface area contributed by atoms with Crippen molar-refractivity contribution in [3.8, 4) is 0 Å². The molecule has 0 saturated carbocycles. The van der Waals surface area contributed by atoms with Gasteiger partial charge in [0.15, 0.2) is 0 Å². The highest BCUT2D eigenvalue weighted by molar-refractivity contribution is 4.66. The molecule has 0 aromatic heterocycles. The average Bonchev–Trinajstić information content (AvgIpc) is 2.25. The number of ether oxygens (including phenoxy) is 1. The Kier molecular flexibility index (Phi) is 10.4. The largest absolute Gasteiger partial charge is 0.390 e. The molecular formula is C13H28O2. The van der Waals surface area contributed by atoms with Gasteiger partial charge in [0.25, 0.3) is 0 Å². The Hall–Kier alpha value is -0.0800. The van der Waals surface area contributed by atoms with Gasteiger partial charge in [-0.25, -0.2) is 0 Å². The van der Waals surface area contributed by atoms with Crippen LogP contribution in [-0.2, 0) is 4.74 Å². The maximum absolute atomic E-state index is 9.79. The van der Waals surface area contributed by atoms with Crippen molar-refractivity contribution in [3.05, 3.63) is 0 Å². The first-order chi connectivity index (χ1) is 7.26. The molecule has 2 unspecified atom stereocenters. The van der Waals surface area contributed by atoms with Crippen molar-refractivity contribution < 1.29 is 9.84 Å². The molecule has 0 aromatic carbocycles. The minimum Gasteiger partial charge on any atom is -0.390 e. The van der Waals surface area contributed by atoms with E-state index in [0.717, 1.165) is 19.3 Å². The summed E-state index contributed by atoms with van der Waals surface area (Å²) in [6, 6.07) is 0. The highest BCUT2D eigenvalue weighted by Crippen LogP contribution is 2.13. The van der Waals surface area contributed by atoms with Crippen LogP contribution in [0.3, 0.4) is 0 Å². The van der Waals surface area contributed by atoms with Gasteiger partial charge >= 0.3 is 0 Å². The Bertz CT molecular complexity index is 122. The summed E-state index contributed by atoms with van der Waals surface area (Å²) >= 11 is 0. The second-order valence-electron chi connectivity index (χ2n) is 4.31. The first-order valence-corrected chi connectivity index (χ1v) is 6.47.